The molecule has 0 spiro atoms. The molecule has 2 aliphatic rings. The highest BCUT2D eigenvalue weighted by molar-refractivity contribution is 7.98. The number of rotatable bonds is 5. The summed E-state index contributed by atoms with van der Waals surface area (Å²) < 4.78 is 5.25. The molecular weight excluding hydrogens is 386 g/mol. The molecule has 0 aliphatic carbocycles. The molecule has 0 saturated heterocycles. The van der Waals surface area contributed by atoms with Gasteiger partial charge in [0.15, 0.2) is 0 Å². The summed E-state index contributed by atoms with van der Waals surface area (Å²) in [5.74, 6) is 0.916. The third kappa shape index (κ3) is 3.97. The molecule has 7 heteroatoms. The summed E-state index contributed by atoms with van der Waals surface area (Å²) in [6, 6.07) is 13.7. The van der Waals surface area contributed by atoms with Crippen molar-refractivity contribution in [1.82, 2.24) is 5.32 Å². The van der Waals surface area contributed by atoms with Crippen LogP contribution in [0.3, 0.4) is 0 Å². The lowest BCUT2D eigenvalue weighted by atomic mass is 9.88. The first-order valence-electron chi connectivity index (χ1n) is 9.68. The first-order chi connectivity index (χ1) is 14.1. The molecule has 152 valence electrons. The fourth-order valence-electron chi connectivity index (χ4n) is 3.93. The van der Waals surface area contributed by atoms with E-state index in [9.17, 15) is 9.90 Å². The van der Waals surface area contributed by atoms with Gasteiger partial charge in [-0.3, -0.25) is 9.79 Å². The molecule has 0 bridgehead atoms. The smallest absolute Gasteiger partial charge is 0.256 e. The van der Waals surface area contributed by atoms with Crippen LogP contribution in [0.1, 0.15) is 17.0 Å². The Bertz CT molecular complexity index is 929. The fourth-order valence-corrected chi connectivity index (χ4v) is 4.40. The summed E-state index contributed by atoms with van der Waals surface area (Å²) in [6.07, 6.45) is 1.49. The molecule has 29 heavy (non-hydrogen) atoms. The van der Waals surface area contributed by atoms with Crippen molar-refractivity contribution in [2.75, 3.05) is 37.9 Å². The number of carbonyl (C=O) groups is 1. The minimum Gasteiger partial charge on any atom is -0.497 e. The van der Waals surface area contributed by atoms with Crippen molar-refractivity contribution in [1.29, 1.82) is 0 Å². The van der Waals surface area contributed by atoms with Crippen LogP contribution in [-0.2, 0) is 11.2 Å². The molecule has 2 atom stereocenters. The Morgan fingerprint density at radius 2 is 2.07 bits per heavy atom. The topological polar surface area (TPSA) is 74.2 Å². The van der Waals surface area contributed by atoms with E-state index in [1.807, 2.05) is 42.7 Å². The van der Waals surface area contributed by atoms with Crippen LogP contribution in [-0.4, -0.2) is 56.0 Å². The molecule has 1 amide bonds. The summed E-state index contributed by atoms with van der Waals surface area (Å²) in [7, 11) is 1.62. The van der Waals surface area contributed by atoms with E-state index in [-0.39, 0.29) is 11.8 Å². The normalized spacial score (nSPS) is 21.3. The molecule has 0 fully saturated rings. The molecule has 0 saturated carbocycles. The lowest BCUT2D eigenvalue weighted by Crippen LogP contribution is -2.45. The van der Waals surface area contributed by atoms with Gasteiger partial charge in [-0.2, -0.15) is 0 Å². The Morgan fingerprint density at radius 3 is 2.72 bits per heavy atom. The number of fused-ring (bicyclic) bond motifs is 1. The minimum absolute atomic E-state index is 0.294. The van der Waals surface area contributed by atoms with Crippen molar-refractivity contribution in [3.63, 3.8) is 0 Å². The van der Waals surface area contributed by atoms with Crippen molar-refractivity contribution in [3.8, 4) is 5.75 Å². The maximum Gasteiger partial charge on any atom is 0.256 e. The average Bonchev–Trinajstić information content (AvgIpc) is 3.25. The Labute approximate surface area is 175 Å². The molecular formula is C22H25N3O3S. The van der Waals surface area contributed by atoms with Gasteiger partial charge in [-0.05, 0) is 54.1 Å². The minimum atomic E-state index is -1.13. The maximum atomic E-state index is 13.3. The van der Waals surface area contributed by atoms with Crippen LogP contribution in [0.25, 0.3) is 0 Å². The molecule has 0 aromatic heterocycles. The van der Waals surface area contributed by atoms with Gasteiger partial charge in [0.25, 0.3) is 5.91 Å². The second kappa shape index (κ2) is 8.47. The third-order valence-corrected chi connectivity index (χ3v) is 6.24. The third-order valence-electron chi connectivity index (χ3n) is 5.51. The number of nitrogens with zero attached hydrogens (tertiary/aromatic N) is 2. The number of amides is 1. The molecule has 2 heterocycles. The fraction of sp³-hybridized carbons (Fsp3) is 0.364. The number of hydrogen-bond acceptors (Lipinski definition) is 6. The van der Waals surface area contributed by atoms with Crippen LogP contribution in [0.2, 0.25) is 0 Å². The number of benzene rings is 2. The van der Waals surface area contributed by atoms with E-state index in [1.165, 1.54) is 0 Å². The second-order valence-electron chi connectivity index (χ2n) is 7.20. The van der Waals surface area contributed by atoms with E-state index in [0.717, 1.165) is 39.8 Å². The molecule has 2 aliphatic heterocycles. The lowest BCUT2D eigenvalue weighted by molar-refractivity contribution is -0.127. The Balaban J connectivity index is 1.74. The number of thioether (sulfide) groups is 1. The molecule has 0 radical (unpaired) electrons. The van der Waals surface area contributed by atoms with Crippen molar-refractivity contribution in [3.05, 3.63) is 53.6 Å². The van der Waals surface area contributed by atoms with E-state index in [2.05, 4.69) is 16.4 Å². The van der Waals surface area contributed by atoms with Gasteiger partial charge in [-0.25, -0.2) is 0 Å². The number of aliphatic hydroxyl groups excluding tert-OH is 1. The zero-order valence-corrected chi connectivity index (χ0v) is 17.4. The molecule has 6 nitrogen and oxygen atoms in total. The quantitative estimate of drug-likeness (QED) is 0.740. The highest BCUT2D eigenvalue weighted by atomic mass is 32.2. The van der Waals surface area contributed by atoms with Gasteiger partial charge in [0, 0.05) is 23.0 Å². The summed E-state index contributed by atoms with van der Waals surface area (Å²) in [5.41, 5.74) is 2.82. The summed E-state index contributed by atoms with van der Waals surface area (Å²) >= 11 is 1.67. The summed E-state index contributed by atoms with van der Waals surface area (Å²) in [6.45, 7) is 1.84. The van der Waals surface area contributed by atoms with Crippen LogP contribution in [0.15, 0.2) is 52.4 Å². The van der Waals surface area contributed by atoms with Gasteiger partial charge in [-0.1, -0.05) is 12.1 Å². The lowest BCUT2D eigenvalue weighted by Gasteiger charge is -2.25. The van der Waals surface area contributed by atoms with Crippen LogP contribution in [0, 0.1) is 0 Å². The number of nitrogens with one attached hydrogen (secondary N) is 1. The van der Waals surface area contributed by atoms with Crippen LogP contribution in [0.4, 0.5) is 5.69 Å². The zero-order chi connectivity index (χ0) is 20.4. The van der Waals surface area contributed by atoms with Gasteiger partial charge < -0.3 is 20.1 Å². The number of methoxy groups -OCH3 is 1. The number of aliphatic hydroxyl groups is 1. The summed E-state index contributed by atoms with van der Waals surface area (Å²) in [4.78, 5) is 20.6. The van der Waals surface area contributed by atoms with E-state index in [0.29, 0.717) is 19.5 Å². The Hall–Kier alpha value is -2.51. The molecule has 2 aromatic rings. The van der Waals surface area contributed by atoms with Gasteiger partial charge in [-0.15, -0.1) is 11.8 Å². The van der Waals surface area contributed by atoms with Gasteiger partial charge in [0.05, 0.1) is 20.2 Å². The van der Waals surface area contributed by atoms with Gasteiger partial charge in [0.1, 0.15) is 17.7 Å². The van der Waals surface area contributed by atoms with Crippen molar-refractivity contribution < 1.29 is 14.6 Å². The number of carbonyl (C=O) groups excluding carboxylic acids is 1. The molecule has 2 aromatic carbocycles. The van der Waals surface area contributed by atoms with E-state index >= 15 is 0 Å². The number of amidine groups is 1. The largest absolute Gasteiger partial charge is 0.497 e. The maximum absolute atomic E-state index is 13.3. The van der Waals surface area contributed by atoms with Crippen LogP contribution in [0.5, 0.6) is 5.75 Å². The number of anilines is 1. The van der Waals surface area contributed by atoms with Gasteiger partial charge >= 0.3 is 0 Å². The van der Waals surface area contributed by atoms with E-state index in [4.69, 9.17) is 4.74 Å². The van der Waals surface area contributed by atoms with Gasteiger partial charge in [0.2, 0.25) is 0 Å². The molecule has 2 N–H and O–H groups in total. The zero-order valence-electron chi connectivity index (χ0n) is 16.6. The highest BCUT2D eigenvalue weighted by Gasteiger charge is 2.37. The standard InChI is InChI=1S/C22H25N3O3S/c1-28-16-5-3-14(4-6-16)18-12-15-11-17(29-2)7-8-19(15)25(22(27)21(18)26)13-20-23-9-10-24-20/h3-8,11,18,21,26H,9-10,12-13H2,1-2H3,(H,23,24)/t18-,21+/m1/s1. The second-order valence-corrected chi connectivity index (χ2v) is 8.08. The van der Waals surface area contributed by atoms with Crippen molar-refractivity contribution in [2.45, 2.75) is 23.3 Å². The van der Waals surface area contributed by atoms with Crippen molar-refractivity contribution >= 4 is 29.2 Å². The van der Waals surface area contributed by atoms with Crippen LogP contribution < -0.4 is 15.0 Å². The van der Waals surface area contributed by atoms with Crippen LogP contribution >= 0.6 is 11.8 Å². The first kappa shape index (κ1) is 19.8. The molecule has 0 unspecified atom stereocenters. The van der Waals surface area contributed by atoms with E-state index < -0.39 is 6.10 Å². The number of hydrogen-bond donors (Lipinski definition) is 2. The number of aliphatic imine (C=N–C) groups is 1. The SMILES string of the molecule is COc1ccc([C@H]2Cc3cc(SC)ccc3N(CC3=NCCN3)C(=O)[C@H]2O)cc1. The summed E-state index contributed by atoms with van der Waals surface area (Å²) in [5, 5.41) is 14.3. The Morgan fingerprint density at radius 1 is 1.28 bits per heavy atom. The average molecular weight is 412 g/mol. The predicted molar refractivity (Wildman–Crippen MR) is 116 cm³/mol. The predicted octanol–water partition coefficient (Wildman–Crippen LogP) is 2.45. The molecule has 4 rings (SSSR count). The van der Waals surface area contributed by atoms with Crippen molar-refractivity contribution in [2.24, 2.45) is 4.99 Å². The highest BCUT2D eigenvalue weighted by Crippen LogP contribution is 2.37. The van der Waals surface area contributed by atoms with E-state index in [1.54, 1.807) is 23.8 Å². The first-order valence-corrected chi connectivity index (χ1v) is 10.9. The Kier molecular flexibility index (Phi) is 5.78. The number of ether oxygens (including phenoxy) is 1. The monoisotopic (exact) mass is 411 g/mol.